The van der Waals surface area contributed by atoms with Crippen LogP contribution in [0.5, 0.6) is 11.5 Å². The minimum atomic E-state index is -0.181. The Kier molecular flexibility index (Phi) is 26.3. The molecular weight excluding hydrogens is 941 g/mol. The predicted molar refractivity (Wildman–Crippen MR) is 240 cm³/mol. The van der Waals surface area contributed by atoms with Gasteiger partial charge in [-0.2, -0.15) is 10.2 Å². The second-order valence-electron chi connectivity index (χ2n) is 13.5. The quantitative estimate of drug-likeness (QED) is 0.0674. The molecule has 6 aromatic rings. The summed E-state index contributed by atoms with van der Waals surface area (Å²) in [5.41, 5.74) is 5.60. The van der Waals surface area contributed by atoms with Gasteiger partial charge in [-0.05, 0) is 62.4 Å². The van der Waals surface area contributed by atoms with Crippen LogP contribution in [0.2, 0.25) is 10.0 Å². The normalized spacial score (nSPS) is 12.9. The summed E-state index contributed by atoms with van der Waals surface area (Å²) in [7, 11) is 3.21. The zero-order chi connectivity index (χ0) is 43.9. The number of halogens is 3. The fraction of sp³-hybridized carbons (Fsp3) is 0.357. The van der Waals surface area contributed by atoms with Crippen molar-refractivity contribution < 1.29 is 138 Å². The minimum absolute atomic E-state index is 0. The van der Waals surface area contributed by atoms with E-state index in [1.165, 1.54) is 0 Å². The fourth-order valence-electron chi connectivity index (χ4n) is 6.68. The summed E-state index contributed by atoms with van der Waals surface area (Å²) >= 11 is 17.7. The number of carbonyl (C=O) groups excluding carboxylic acids is 3. The number of aryl methyl sites for hydroxylation is 2. The van der Waals surface area contributed by atoms with E-state index in [1.54, 1.807) is 36.2 Å². The predicted octanol–water partition coefficient (Wildman–Crippen LogP) is -0.556. The number of benzene rings is 2. The summed E-state index contributed by atoms with van der Waals surface area (Å²) in [6.07, 6.45) is 3.46. The SMILES string of the molecule is C.COc1cc(N2CCN(C(=O)CCl)CC2)ccc1Cl.COc1cc(N2CCN(C(=O)Cn3nc(C)c4cccnc43)CC2)ccc1Cl.Cc1[nH]nc2ncccc12.O=CO[O-].[H-].[K+].[K+]. The molecular formula is C42H51Cl3K2N10O7. The Morgan fingerprint density at radius 2 is 1.27 bits per heavy atom. The average molecular weight is 992 g/mol. The average Bonchev–Trinajstić information content (AvgIpc) is 3.84. The molecule has 64 heavy (non-hydrogen) atoms. The van der Waals surface area contributed by atoms with E-state index in [0.29, 0.717) is 47.7 Å². The maximum absolute atomic E-state index is 12.8. The van der Waals surface area contributed by atoms with Crippen molar-refractivity contribution in [1.29, 1.82) is 0 Å². The number of hydrogen-bond acceptors (Lipinski definition) is 13. The first-order chi connectivity index (χ1) is 29.5. The molecule has 2 saturated heterocycles. The summed E-state index contributed by atoms with van der Waals surface area (Å²) in [5, 5.41) is 23.0. The van der Waals surface area contributed by atoms with Gasteiger partial charge in [0, 0.05) is 105 Å². The van der Waals surface area contributed by atoms with E-state index in [1.807, 2.05) is 79.4 Å². The van der Waals surface area contributed by atoms with Crippen LogP contribution in [-0.2, 0) is 25.8 Å². The number of carbonyl (C=O) groups is 3. The molecule has 2 aromatic carbocycles. The second kappa shape index (κ2) is 29.2. The van der Waals surface area contributed by atoms with Crippen LogP contribution >= 0.6 is 34.8 Å². The van der Waals surface area contributed by atoms with E-state index in [4.69, 9.17) is 54.3 Å². The first-order valence-electron chi connectivity index (χ1n) is 19.1. The Labute approximate surface area is 474 Å². The molecule has 8 rings (SSSR count). The molecule has 4 aromatic heterocycles. The Morgan fingerprint density at radius 1 is 0.781 bits per heavy atom. The van der Waals surface area contributed by atoms with Crippen LogP contribution in [0.3, 0.4) is 0 Å². The Balaban J connectivity index is 0.000000495. The van der Waals surface area contributed by atoms with Gasteiger partial charge in [-0.1, -0.05) is 30.6 Å². The number of rotatable bonds is 8. The monoisotopic (exact) mass is 990 g/mol. The van der Waals surface area contributed by atoms with Crippen molar-refractivity contribution in [2.75, 3.05) is 82.3 Å². The maximum atomic E-state index is 12.8. The summed E-state index contributed by atoms with van der Waals surface area (Å²) in [5.74, 6) is 1.43. The number of aromatic nitrogens is 6. The van der Waals surface area contributed by atoms with Crippen LogP contribution in [0.1, 0.15) is 20.2 Å². The topological polar surface area (TPSA) is 187 Å². The Bertz CT molecular complexity index is 2400. The summed E-state index contributed by atoms with van der Waals surface area (Å²) < 4.78 is 12.2. The number of nitrogens with one attached hydrogen (secondary N) is 1. The van der Waals surface area contributed by atoms with Crippen molar-refractivity contribution in [3.8, 4) is 11.5 Å². The molecule has 2 aliphatic heterocycles. The number of methoxy groups -OCH3 is 2. The molecule has 0 spiro atoms. The first kappa shape index (κ1) is 57.5. The molecule has 1 N–H and O–H groups in total. The van der Waals surface area contributed by atoms with Crippen molar-refractivity contribution in [2.45, 2.75) is 27.8 Å². The minimum Gasteiger partial charge on any atom is -1.00 e. The Morgan fingerprint density at radius 3 is 1.73 bits per heavy atom. The molecule has 334 valence electrons. The second-order valence-corrected chi connectivity index (χ2v) is 14.6. The number of ether oxygens (including phenoxy) is 2. The van der Waals surface area contributed by atoms with Crippen molar-refractivity contribution in [1.82, 2.24) is 39.7 Å². The van der Waals surface area contributed by atoms with E-state index < -0.39 is 0 Å². The van der Waals surface area contributed by atoms with Gasteiger partial charge in [-0.25, -0.2) is 14.6 Å². The number of aromatic amines is 1. The van der Waals surface area contributed by atoms with Gasteiger partial charge < -0.3 is 40.6 Å². The zero-order valence-corrected chi connectivity index (χ0v) is 44.6. The van der Waals surface area contributed by atoms with E-state index in [9.17, 15) is 9.59 Å². The fourth-order valence-corrected chi connectivity index (χ4v) is 7.24. The molecule has 0 saturated carbocycles. The third-order valence-corrected chi connectivity index (χ3v) is 10.8. The summed E-state index contributed by atoms with van der Waals surface area (Å²) in [4.78, 5) is 52.1. The number of pyridine rings is 2. The number of nitrogens with zero attached hydrogens (tertiary/aromatic N) is 9. The third-order valence-electron chi connectivity index (χ3n) is 9.91. The third kappa shape index (κ3) is 15.7. The van der Waals surface area contributed by atoms with Gasteiger partial charge >= 0.3 is 103 Å². The van der Waals surface area contributed by atoms with Crippen LogP contribution < -0.4 is 127 Å². The number of H-pyrrole nitrogens is 1. The van der Waals surface area contributed by atoms with Crippen molar-refractivity contribution in [3.63, 3.8) is 0 Å². The van der Waals surface area contributed by atoms with Crippen LogP contribution in [0, 0.1) is 13.8 Å². The van der Waals surface area contributed by atoms with Gasteiger partial charge in [-0.15, -0.1) is 11.6 Å². The molecule has 17 nitrogen and oxygen atoms in total. The Hall–Kier alpha value is -2.61. The van der Waals surface area contributed by atoms with Crippen molar-refractivity contribution >= 4 is 86.5 Å². The van der Waals surface area contributed by atoms with E-state index in [2.05, 4.69) is 40.0 Å². The van der Waals surface area contributed by atoms with E-state index >= 15 is 0 Å². The van der Waals surface area contributed by atoms with Crippen molar-refractivity contribution in [2.24, 2.45) is 0 Å². The molecule has 0 bridgehead atoms. The molecule has 6 heterocycles. The molecule has 0 atom stereocenters. The molecule has 0 radical (unpaired) electrons. The van der Waals surface area contributed by atoms with Gasteiger partial charge in [0.1, 0.15) is 23.9 Å². The summed E-state index contributed by atoms with van der Waals surface area (Å²) in [6, 6.07) is 19.2. The van der Waals surface area contributed by atoms with Gasteiger partial charge in [0.15, 0.2) is 11.3 Å². The number of fused-ring (bicyclic) bond motifs is 2. The summed E-state index contributed by atoms with van der Waals surface area (Å²) in [6.45, 7) is 9.73. The molecule has 2 fully saturated rings. The molecule has 2 aliphatic rings. The zero-order valence-electron chi connectivity index (χ0n) is 37.1. The van der Waals surface area contributed by atoms with E-state index in [-0.39, 0.29) is 142 Å². The van der Waals surface area contributed by atoms with Gasteiger partial charge in [0.2, 0.25) is 11.8 Å². The van der Waals surface area contributed by atoms with Crippen LogP contribution in [-0.4, -0.2) is 130 Å². The number of piperazine rings is 2. The molecule has 0 aliphatic carbocycles. The van der Waals surface area contributed by atoms with Crippen LogP contribution in [0.15, 0.2) is 73.1 Å². The number of hydrogen-bond donors (Lipinski definition) is 1. The molecule has 0 unspecified atom stereocenters. The maximum Gasteiger partial charge on any atom is 1.00 e. The van der Waals surface area contributed by atoms with Gasteiger partial charge in [0.05, 0.1) is 30.0 Å². The van der Waals surface area contributed by atoms with Crippen LogP contribution in [0.4, 0.5) is 11.4 Å². The number of alkyl halides is 1. The number of anilines is 2. The van der Waals surface area contributed by atoms with E-state index in [0.717, 1.165) is 71.0 Å². The van der Waals surface area contributed by atoms with Gasteiger partial charge in [0.25, 0.3) is 6.47 Å². The van der Waals surface area contributed by atoms with Crippen LogP contribution in [0.25, 0.3) is 22.1 Å². The van der Waals surface area contributed by atoms with Crippen molar-refractivity contribution in [3.05, 3.63) is 94.5 Å². The number of amides is 2. The molecule has 2 amide bonds. The first-order valence-corrected chi connectivity index (χ1v) is 20.3. The van der Waals surface area contributed by atoms with Gasteiger partial charge in [-0.3, -0.25) is 19.5 Å². The smallest absolute Gasteiger partial charge is 1.00 e. The largest absolute Gasteiger partial charge is 1.00 e. The molecule has 22 heteroatoms. The standard InChI is InChI=1S/C20H22ClN5O2.C13H16Cl2N2O2.C7H7N3.CH2O3.CH4.2K.H/c1-14-16-4-3-7-22-20(16)26(23-14)13-19(27)25-10-8-24(9-11-25)15-5-6-17(21)18(12-15)28-2;1-19-12-8-10(2-3-11(12)15)16-4-6-17(7-5-16)13(18)9-14;1-5-6-3-2-4-8-7(6)10-9-5;2-1-4-3;;;;/h3-7,12H,8-11,13H2,1-2H3;2-3,8H,4-7,9H2,1H3;2-4H,1H3,(H,8,9,10);1,3H;1H4;;;/q;;;;;2*+1;-1/p-1.